The van der Waals surface area contributed by atoms with Crippen LogP contribution in [-0.2, 0) is 11.2 Å². The van der Waals surface area contributed by atoms with Crippen LogP contribution in [0.3, 0.4) is 0 Å². The van der Waals surface area contributed by atoms with Crippen LogP contribution in [0.1, 0.15) is 31.7 Å². The molecule has 1 aliphatic heterocycles. The van der Waals surface area contributed by atoms with Gasteiger partial charge in [0.25, 0.3) is 0 Å². The molecule has 2 unspecified atom stereocenters. The van der Waals surface area contributed by atoms with Gasteiger partial charge in [-0.25, -0.2) is 0 Å². The van der Waals surface area contributed by atoms with Gasteiger partial charge < -0.3 is 5.32 Å². The summed E-state index contributed by atoms with van der Waals surface area (Å²) in [6.07, 6.45) is 4.10. The minimum atomic E-state index is 0.0330. The minimum Gasteiger partial charge on any atom is -0.355 e. The Morgan fingerprint density at radius 2 is 2.25 bits per heavy atom. The van der Waals surface area contributed by atoms with Crippen LogP contribution < -0.4 is 5.32 Å². The fourth-order valence-electron chi connectivity index (χ4n) is 2.60. The number of carbonyl (C=O) groups excluding carboxylic acids is 1. The molecule has 0 spiro atoms. The lowest BCUT2D eigenvalue weighted by Crippen LogP contribution is -2.36. The summed E-state index contributed by atoms with van der Waals surface area (Å²) in [5.41, 5.74) is 1.29. The van der Waals surface area contributed by atoms with E-state index in [0.717, 1.165) is 32.2 Å². The van der Waals surface area contributed by atoms with Crippen molar-refractivity contribution in [1.29, 1.82) is 0 Å². The zero-order valence-electron chi connectivity index (χ0n) is 11.9. The quantitative estimate of drug-likeness (QED) is 0.775. The monoisotopic (exact) mass is 311 g/mol. The molecule has 1 aromatic carbocycles. The average Bonchev–Trinajstić information content (AvgIpc) is 2.89. The molecule has 1 aliphatic rings. The van der Waals surface area contributed by atoms with E-state index in [9.17, 15) is 4.79 Å². The van der Waals surface area contributed by atoms with E-state index in [-0.39, 0.29) is 11.2 Å². The Bertz CT molecular complexity index is 421. The zero-order valence-corrected chi connectivity index (χ0v) is 13.5. The van der Waals surface area contributed by atoms with Gasteiger partial charge >= 0.3 is 0 Å². The molecular formula is C16H22ClNOS. The molecular weight excluding hydrogens is 290 g/mol. The van der Waals surface area contributed by atoms with Gasteiger partial charge in [-0.3, -0.25) is 4.79 Å². The highest BCUT2D eigenvalue weighted by atomic mass is 35.5. The number of nitrogens with one attached hydrogen (secondary N) is 1. The Kier molecular flexibility index (Phi) is 6.24. The maximum Gasteiger partial charge on any atom is 0.233 e. The number of halogens is 1. The van der Waals surface area contributed by atoms with Crippen molar-refractivity contribution < 1.29 is 4.79 Å². The summed E-state index contributed by atoms with van der Waals surface area (Å²) in [5.74, 6) is 1.35. The number of carbonyl (C=O) groups is 1. The Morgan fingerprint density at radius 1 is 1.45 bits per heavy atom. The Morgan fingerprint density at radius 3 is 2.95 bits per heavy atom. The molecule has 0 radical (unpaired) electrons. The average molecular weight is 312 g/mol. The predicted molar refractivity (Wildman–Crippen MR) is 86.5 cm³/mol. The number of alkyl halides is 1. The second-order valence-electron chi connectivity index (χ2n) is 5.30. The second kappa shape index (κ2) is 7.94. The highest BCUT2D eigenvalue weighted by Crippen LogP contribution is 2.36. The number of benzene rings is 1. The van der Waals surface area contributed by atoms with E-state index in [2.05, 4.69) is 24.4 Å². The topological polar surface area (TPSA) is 29.1 Å². The van der Waals surface area contributed by atoms with Crippen molar-refractivity contribution in [3.8, 4) is 0 Å². The van der Waals surface area contributed by atoms with Gasteiger partial charge in [0.1, 0.15) is 0 Å². The summed E-state index contributed by atoms with van der Waals surface area (Å²) in [5, 5.41) is 3.14. The third-order valence-electron chi connectivity index (χ3n) is 3.72. The molecule has 20 heavy (non-hydrogen) atoms. The fraction of sp³-hybridized carbons (Fsp3) is 0.562. The summed E-state index contributed by atoms with van der Waals surface area (Å²) >= 11 is 7.50. The van der Waals surface area contributed by atoms with Crippen LogP contribution in [0.2, 0.25) is 0 Å². The van der Waals surface area contributed by atoms with Gasteiger partial charge in [-0.2, -0.15) is 0 Å². The molecule has 0 saturated carbocycles. The van der Waals surface area contributed by atoms with E-state index >= 15 is 0 Å². The Hall–Kier alpha value is -0.670. The number of amides is 1. The van der Waals surface area contributed by atoms with E-state index in [1.54, 1.807) is 11.8 Å². The van der Waals surface area contributed by atoms with E-state index in [1.807, 2.05) is 12.1 Å². The van der Waals surface area contributed by atoms with Crippen LogP contribution in [0.4, 0.5) is 0 Å². The molecule has 0 fully saturated rings. The number of fused-ring (bicyclic) bond motifs is 1. The van der Waals surface area contributed by atoms with E-state index < -0.39 is 0 Å². The summed E-state index contributed by atoms with van der Waals surface area (Å²) in [7, 11) is 0. The molecule has 1 aromatic rings. The molecule has 1 heterocycles. The zero-order chi connectivity index (χ0) is 14.4. The molecule has 0 bridgehead atoms. The fourth-order valence-corrected chi connectivity index (χ4v) is 4.13. The summed E-state index contributed by atoms with van der Waals surface area (Å²) in [6, 6.07) is 8.28. The van der Waals surface area contributed by atoms with Crippen molar-refractivity contribution in [3.05, 3.63) is 29.8 Å². The Labute approximate surface area is 130 Å². The molecule has 2 rings (SSSR count). The van der Waals surface area contributed by atoms with Gasteiger partial charge in [-0.05, 0) is 36.8 Å². The van der Waals surface area contributed by atoms with Gasteiger partial charge in [0.05, 0.1) is 5.25 Å². The maximum atomic E-state index is 12.3. The third kappa shape index (κ3) is 4.16. The van der Waals surface area contributed by atoms with Gasteiger partial charge in [0.2, 0.25) is 5.91 Å². The number of thioether (sulfide) groups is 1. The highest BCUT2D eigenvalue weighted by molar-refractivity contribution is 8.01. The first kappa shape index (κ1) is 15.7. The molecule has 0 aromatic heterocycles. The van der Waals surface area contributed by atoms with Crippen LogP contribution in [0.15, 0.2) is 29.2 Å². The lowest BCUT2D eigenvalue weighted by atomic mass is 10.0. The van der Waals surface area contributed by atoms with E-state index in [0.29, 0.717) is 11.8 Å². The maximum absolute atomic E-state index is 12.3. The summed E-state index contributed by atoms with van der Waals surface area (Å²) in [6.45, 7) is 2.93. The van der Waals surface area contributed by atoms with Crippen LogP contribution in [0.25, 0.3) is 0 Å². The number of hydrogen-bond donors (Lipinski definition) is 1. The smallest absolute Gasteiger partial charge is 0.233 e. The summed E-state index contributed by atoms with van der Waals surface area (Å²) < 4.78 is 0. The molecule has 0 saturated heterocycles. The largest absolute Gasteiger partial charge is 0.355 e. The van der Waals surface area contributed by atoms with Crippen LogP contribution >= 0.6 is 23.4 Å². The normalized spacial score (nSPS) is 18.6. The standard InChI is InChI=1S/C16H22ClNOS/c1-2-5-12(8-9-17)11-18-16(19)15-10-13-6-3-4-7-14(13)20-15/h3-4,6-7,12,15H,2,5,8-11H2,1H3,(H,18,19). The van der Waals surface area contributed by atoms with Crippen molar-refractivity contribution in [2.24, 2.45) is 5.92 Å². The van der Waals surface area contributed by atoms with Crippen molar-refractivity contribution in [3.63, 3.8) is 0 Å². The van der Waals surface area contributed by atoms with Crippen LogP contribution in [0.5, 0.6) is 0 Å². The van der Waals surface area contributed by atoms with Crippen molar-refractivity contribution >= 4 is 29.3 Å². The van der Waals surface area contributed by atoms with Gasteiger partial charge in [-0.15, -0.1) is 23.4 Å². The molecule has 2 atom stereocenters. The first-order valence-corrected chi connectivity index (χ1v) is 8.74. The van der Waals surface area contributed by atoms with Gasteiger partial charge in [-0.1, -0.05) is 31.5 Å². The molecule has 110 valence electrons. The van der Waals surface area contributed by atoms with Gasteiger partial charge in [0, 0.05) is 17.3 Å². The van der Waals surface area contributed by atoms with E-state index in [1.165, 1.54) is 10.5 Å². The summed E-state index contributed by atoms with van der Waals surface area (Å²) in [4.78, 5) is 13.5. The van der Waals surface area contributed by atoms with Crippen molar-refractivity contribution in [1.82, 2.24) is 5.32 Å². The van der Waals surface area contributed by atoms with Crippen molar-refractivity contribution in [2.45, 2.75) is 42.8 Å². The minimum absolute atomic E-state index is 0.0330. The molecule has 1 N–H and O–H groups in total. The lowest BCUT2D eigenvalue weighted by Gasteiger charge is -2.17. The number of rotatable bonds is 7. The number of hydrogen-bond acceptors (Lipinski definition) is 2. The molecule has 1 amide bonds. The van der Waals surface area contributed by atoms with Crippen LogP contribution in [0, 0.1) is 5.92 Å². The lowest BCUT2D eigenvalue weighted by molar-refractivity contribution is -0.120. The predicted octanol–water partition coefficient (Wildman–Crippen LogP) is 3.86. The second-order valence-corrected chi connectivity index (χ2v) is 6.92. The first-order valence-electron chi connectivity index (χ1n) is 7.32. The van der Waals surface area contributed by atoms with E-state index in [4.69, 9.17) is 11.6 Å². The first-order chi connectivity index (χ1) is 9.74. The molecule has 0 aliphatic carbocycles. The molecule has 4 heteroatoms. The SMILES string of the molecule is CCCC(CCCl)CNC(=O)C1Cc2ccccc2S1. The van der Waals surface area contributed by atoms with Crippen LogP contribution in [-0.4, -0.2) is 23.6 Å². The van der Waals surface area contributed by atoms with Crippen molar-refractivity contribution in [2.75, 3.05) is 12.4 Å². The third-order valence-corrected chi connectivity index (χ3v) is 5.25. The molecule has 2 nitrogen and oxygen atoms in total. The van der Waals surface area contributed by atoms with Gasteiger partial charge in [0.15, 0.2) is 0 Å². The Balaban J connectivity index is 1.81. The highest BCUT2D eigenvalue weighted by Gasteiger charge is 2.27.